The molecule has 0 aromatic heterocycles. The highest BCUT2D eigenvalue weighted by Crippen LogP contribution is 2.45. The summed E-state index contributed by atoms with van der Waals surface area (Å²) >= 11 is 0. The van der Waals surface area contributed by atoms with E-state index in [0.717, 1.165) is 25.7 Å². The van der Waals surface area contributed by atoms with E-state index in [4.69, 9.17) is 24.1 Å². The Labute approximate surface area is 112 Å². The molecule has 1 saturated carbocycles. The van der Waals surface area contributed by atoms with E-state index in [1.54, 1.807) is 7.11 Å². The molecule has 6 heteroatoms. The minimum atomic E-state index is -0.981. The molecule has 0 aromatic carbocycles. The standard InChI is InChI=1S/C13H22O6/c1-16-10-9(8(15)7-14)17-12-11(10)18-13(19-12)5-3-2-4-6-13/h8-12,14-15H,2-7H2,1H3/t8-,9-,10-,11+,12+/m0/s1. The normalized spacial score (nSPS) is 42.5. The highest BCUT2D eigenvalue weighted by atomic mass is 16.8. The van der Waals surface area contributed by atoms with Crippen molar-refractivity contribution in [3.63, 3.8) is 0 Å². The lowest BCUT2D eigenvalue weighted by atomic mass is 9.94. The summed E-state index contributed by atoms with van der Waals surface area (Å²) in [5, 5.41) is 18.8. The van der Waals surface area contributed by atoms with Crippen molar-refractivity contribution < 1.29 is 29.2 Å². The molecule has 110 valence electrons. The second kappa shape index (κ2) is 5.27. The van der Waals surface area contributed by atoms with Crippen LogP contribution in [0.3, 0.4) is 0 Å². The molecule has 3 rings (SSSR count). The van der Waals surface area contributed by atoms with Crippen LogP contribution in [0.1, 0.15) is 32.1 Å². The third-order valence-electron chi connectivity index (χ3n) is 4.34. The van der Waals surface area contributed by atoms with Crippen LogP contribution in [0, 0.1) is 0 Å². The van der Waals surface area contributed by atoms with E-state index in [-0.39, 0.29) is 12.7 Å². The topological polar surface area (TPSA) is 77.4 Å². The second-order valence-corrected chi connectivity index (χ2v) is 5.59. The molecule has 3 aliphatic rings. The first-order valence-electron chi connectivity index (χ1n) is 7.02. The van der Waals surface area contributed by atoms with Gasteiger partial charge in [-0.1, -0.05) is 6.42 Å². The van der Waals surface area contributed by atoms with Crippen LogP contribution >= 0.6 is 0 Å². The van der Waals surface area contributed by atoms with E-state index >= 15 is 0 Å². The highest BCUT2D eigenvalue weighted by Gasteiger charge is 2.59. The molecule has 19 heavy (non-hydrogen) atoms. The van der Waals surface area contributed by atoms with Crippen molar-refractivity contribution in [2.75, 3.05) is 13.7 Å². The lowest BCUT2D eigenvalue weighted by Gasteiger charge is -2.34. The van der Waals surface area contributed by atoms with Crippen LogP contribution in [-0.2, 0) is 18.9 Å². The molecule has 2 N–H and O–H groups in total. The van der Waals surface area contributed by atoms with Gasteiger partial charge in [-0.15, -0.1) is 0 Å². The van der Waals surface area contributed by atoms with Gasteiger partial charge < -0.3 is 29.2 Å². The van der Waals surface area contributed by atoms with Gasteiger partial charge >= 0.3 is 0 Å². The number of aliphatic hydroxyl groups is 2. The quantitative estimate of drug-likeness (QED) is 0.763. The van der Waals surface area contributed by atoms with Crippen LogP contribution in [-0.4, -0.2) is 60.4 Å². The fourth-order valence-corrected chi connectivity index (χ4v) is 3.36. The van der Waals surface area contributed by atoms with Crippen LogP contribution in [0.15, 0.2) is 0 Å². The Balaban J connectivity index is 1.71. The van der Waals surface area contributed by atoms with Crippen molar-refractivity contribution in [3.05, 3.63) is 0 Å². The SMILES string of the molecule is CO[C@H]1[C@H]([C@@H](O)CO)O[C@@H]2OC3(CCCCC3)O[C@@H]21. The molecule has 1 spiro atoms. The summed E-state index contributed by atoms with van der Waals surface area (Å²) in [5.74, 6) is -0.528. The summed E-state index contributed by atoms with van der Waals surface area (Å²) in [4.78, 5) is 0. The van der Waals surface area contributed by atoms with Crippen molar-refractivity contribution in [2.45, 2.75) is 68.6 Å². The van der Waals surface area contributed by atoms with Crippen molar-refractivity contribution in [3.8, 4) is 0 Å². The molecule has 0 bridgehead atoms. The predicted molar refractivity (Wildman–Crippen MR) is 64.3 cm³/mol. The summed E-state index contributed by atoms with van der Waals surface area (Å²) < 4.78 is 23.1. The van der Waals surface area contributed by atoms with Gasteiger partial charge in [-0.05, 0) is 12.8 Å². The summed E-state index contributed by atoms with van der Waals surface area (Å²) in [6, 6.07) is 0. The molecule has 0 amide bonds. The fraction of sp³-hybridized carbons (Fsp3) is 1.00. The number of fused-ring (bicyclic) bond motifs is 1. The van der Waals surface area contributed by atoms with E-state index in [9.17, 15) is 5.11 Å². The molecule has 2 aliphatic heterocycles. The number of aliphatic hydroxyl groups excluding tert-OH is 2. The zero-order chi connectivity index (χ0) is 13.5. The molecule has 5 atom stereocenters. The maximum atomic E-state index is 9.75. The Bertz CT molecular complexity index is 316. The van der Waals surface area contributed by atoms with Gasteiger partial charge in [0.15, 0.2) is 12.1 Å². The van der Waals surface area contributed by atoms with E-state index < -0.39 is 30.4 Å². The van der Waals surface area contributed by atoms with Crippen LogP contribution in [0.25, 0.3) is 0 Å². The van der Waals surface area contributed by atoms with Gasteiger partial charge in [0.25, 0.3) is 0 Å². The zero-order valence-electron chi connectivity index (χ0n) is 11.2. The van der Waals surface area contributed by atoms with Gasteiger partial charge in [-0.3, -0.25) is 0 Å². The lowest BCUT2D eigenvalue weighted by Crippen LogP contribution is -2.44. The fourth-order valence-electron chi connectivity index (χ4n) is 3.36. The molecule has 2 saturated heterocycles. The number of rotatable bonds is 3. The monoisotopic (exact) mass is 274 g/mol. The third-order valence-corrected chi connectivity index (χ3v) is 4.34. The molecule has 0 radical (unpaired) electrons. The van der Waals surface area contributed by atoms with E-state index in [1.165, 1.54) is 6.42 Å². The predicted octanol–water partition coefficient (Wildman–Crippen LogP) is 0.155. The Hall–Kier alpha value is -0.240. The number of hydrogen-bond donors (Lipinski definition) is 2. The van der Waals surface area contributed by atoms with Crippen LogP contribution < -0.4 is 0 Å². The average molecular weight is 274 g/mol. The van der Waals surface area contributed by atoms with Crippen molar-refractivity contribution >= 4 is 0 Å². The first-order chi connectivity index (χ1) is 9.19. The molecular weight excluding hydrogens is 252 g/mol. The maximum Gasteiger partial charge on any atom is 0.190 e. The largest absolute Gasteiger partial charge is 0.394 e. The summed E-state index contributed by atoms with van der Waals surface area (Å²) in [7, 11) is 1.56. The molecule has 2 heterocycles. The van der Waals surface area contributed by atoms with Crippen LogP contribution in [0.5, 0.6) is 0 Å². The van der Waals surface area contributed by atoms with Crippen molar-refractivity contribution in [2.24, 2.45) is 0 Å². The first-order valence-corrected chi connectivity index (χ1v) is 7.02. The number of ether oxygens (including phenoxy) is 4. The zero-order valence-corrected chi connectivity index (χ0v) is 11.2. The van der Waals surface area contributed by atoms with Gasteiger partial charge in [0.1, 0.15) is 24.4 Å². The van der Waals surface area contributed by atoms with Gasteiger partial charge in [0, 0.05) is 20.0 Å². The highest BCUT2D eigenvalue weighted by molar-refractivity contribution is 4.98. The van der Waals surface area contributed by atoms with Gasteiger partial charge in [0.2, 0.25) is 0 Å². The van der Waals surface area contributed by atoms with Gasteiger partial charge in [-0.25, -0.2) is 0 Å². The van der Waals surface area contributed by atoms with Crippen molar-refractivity contribution in [1.29, 1.82) is 0 Å². The molecule has 0 aromatic rings. The number of hydrogen-bond acceptors (Lipinski definition) is 6. The maximum absolute atomic E-state index is 9.75. The lowest BCUT2D eigenvalue weighted by molar-refractivity contribution is -0.255. The Kier molecular flexibility index (Phi) is 3.81. The Morgan fingerprint density at radius 3 is 2.63 bits per heavy atom. The molecular formula is C13H22O6. The molecule has 6 nitrogen and oxygen atoms in total. The summed E-state index contributed by atoms with van der Waals surface area (Å²) in [6.07, 6.45) is 2.34. The van der Waals surface area contributed by atoms with E-state index in [2.05, 4.69) is 0 Å². The Morgan fingerprint density at radius 2 is 2.00 bits per heavy atom. The smallest absolute Gasteiger partial charge is 0.190 e. The minimum Gasteiger partial charge on any atom is -0.394 e. The molecule has 3 fully saturated rings. The van der Waals surface area contributed by atoms with Crippen molar-refractivity contribution in [1.82, 2.24) is 0 Å². The number of methoxy groups -OCH3 is 1. The average Bonchev–Trinajstić information content (AvgIpc) is 2.92. The van der Waals surface area contributed by atoms with E-state index in [0.29, 0.717) is 0 Å². The van der Waals surface area contributed by atoms with Gasteiger partial charge in [0.05, 0.1) is 6.61 Å². The Morgan fingerprint density at radius 1 is 1.26 bits per heavy atom. The summed E-state index contributed by atoms with van der Waals surface area (Å²) in [6.45, 7) is -0.366. The summed E-state index contributed by atoms with van der Waals surface area (Å²) in [5.41, 5.74) is 0. The van der Waals surface area contributed by atoms with Crippen LogP contribution in [0.4, 0.5) is 0 Å². The second-order valence-electron chi connectivity index (χ2n) is 5.59. The first kappa shape index (κ1) is 13.7. The van der Waals surface area contributed by atoms with E-state index in [1.807, 2.05) is 0 Å². The minimum absolute atomic E-state index is 0.325. The molecule has 0 unspecified atom stereocenters. The van der Waals surface area contributed by atoms with Gasteiger partial charge in [-0.2, -0.15) is 0 Å². The third kappa shape index (κ3) is 2.30. The van der Waals surface area contributed by atoms with Crippen LogP contribution in [0.2, 0.25) is 0 Å². The molecule has 1 aliphatic carbocycles.